The molecule has 2 fully saturated rings. The molecule has 0 amide bonds. The molecule has 0 aromatic heterocycles. The summed E-state index contributed by atoms with van der Waals surface area (Å²) in [7, 11) is 0. The first-order chi connectivity index (χ1) is 6.62. The van der Waals surface area contributed by atoms with Gasteiger partial charge >= 0.3 is 0 Å². The molecule has 0 spiro atoms. The summed E-state index contributed by atoms with van der Waals surface area (Å²) in [6.45, 7) is 5.82. The standard InChI is InChI=1S/C10H19N3O/c1-10(9(11)12)3-4-13(7-10)8-2-5-14-6-8/h8H,2-7H2,1H3,(H3,11,12). The molecule has 2 atom stereocenters. The minimum Gasteiger partial charge on any atom is -0.387 e. The molecule has 14 heavy (non-hydrogen) atoms. The third-order valence-corrected chi connectivity index (χ3v) is 3.58. The van der Waals surface area contributed by atoms with Crippen LogP contribution in [0.2, 0.25) is 0 Å². The lowest BCUT2D eigenvalue weighted by Crippen LogP contribution is -2.40. The third kappa shape index (κ3) is 1.64. The lowest BCUT2D eigenvalue weighted by molar-refractivity contribution is 0.155. The van der Waals surface area contributed by atoms with Gasteiger partial charge in [0.15, 0.2) is 0 Å². The Balaban J connectivity index is 1.96. The van der Waals surface area contributed by atoms with E-state index in [1.165, 1.54) is 0 Å². The molecule has 0 saturated carbocycles. The molecule has 0 aromatic carbocycles. The van der Waals surface area contributed by atoms with E-state index < -0.39 is 0 Å². The third-order valence-electron chi connectivity index (χ3n) is 3.58. The Morgan fingerprint density at radius 1 is 1.64 bits per heavy atom. The first-order valence-corrected chi connectivity index (χ1v) is 5.28. The van der Waals surface area contributed by atoms with Crippen LogP contribution in [-0.4, -0.2) is 43.1 Å². The van der Waals surface area contributed by atoms with Crippen LogP contribution in [0.25, 0.3) is 0 Å². The topological polar surface area (TPSA) is 62.3 Å². The van der Waals surface area contributed by atoms with Gasteiger partial charge in [0, 0.05) is 24.6 Å². The molecule has 2 heterocycles. The Kier molecular flexibility index (Phi) is 2.49. The Hall–Kier alpha value is -0.610. The maximum absolute atomic E-state index is 7.57. The van der Waals surface area contributed by atoms with Gasteiger partial charge in [-0.3, -0.25) is 10.3 Å². The van der Waals surface area contributed by atoms with Crippen molar-refractivity contribution in [3.8, 4) is 0 Å². The van der Waals surface area contributed by atoms with E-state index in [1.54, 1.807) is 0 Å². The molecule has 4 nitrogen and oxygen atoms in total. The van der Waals surface area contributed by atoms with Crippen LogP contribution in [0.5, 0.6) is 0 Å². The zero-order valence-electron chi connectivity index (χ0n) is 8.75. The number of likely N-dealkylation sites (tertiary alicyclic amines) is 1. The Labute approximate surface area is 84.9 Å². The molecule has 80 valence electrons. The van der Waals surface area contributed by atoms with Gasteiger partial charge in [0.25, 0.3) is 0 Å². The summed E-state index contributed by atoms with van der Waals surface area (Å²) < 4.78 is 5.37. The first-order valence-electron chi connectivity index (χ1n) is 5.28. The molecular formula is C10H19N3O. The van der Waals surface area contributed by atoms with E-state index in [9.17, 15) is 0 Å². The Bertz CT molecular complexity index is 238. The van der Waals surface area contributed by atoms with E-state index in [0.29, 0.717) is 11.9 Å². The zero-order valence-corrected chi connectivity index (χ0v) is 8.75. The molecule has 0 aromatic rings. The van der Waals surface area contributed by atoms with Gasteiger partial charge in [-0.25, -0.2) is 0 Å². The second kappa shape index (κ2) is 3.51. The van der Waals surface area contributed by atoms with Crippen molar-refractivity contribution in [1.29, 1.82) is 5.41 Å². The van der Waals surface area contributed by atoms with Crippen LogP contribution >= 0.6 is 0 Å². The summed E-state index contributed by atoms with van der Waals surface area (Å²) in [5, 5.41) is 7.57. The fraction of sp³-hybridized carbons (Fsp3) is 0.900. The number of nitrogens with two attached hydrogens (primary N) is 1. The van der Waals surface area contributed by atoms with Crippen LogP contribution in [0.4, 0.5) is 0 Å². The molecular weight excluding hydrogens is 178 g/mol. The van der Waals surface area contributed by atoms with Crippen molar-refractivity contribution >= 4 is 5.84 Å². The van der Waals surface area contributed by atoms with Crippen LogP contribution < -0.4 is 5.73 Å². The number of rotatable bonds is 2. The number of ether oxygens (including phenoxy) is 1. The molecule has 2 aliphatic rings. The average molecular weight is 197 g/mol. The van der Waals surface area contributed by atoms with E-state index in [4.69, 9.17) is 15.9 Å². The first kappa shape index (κ1) is 9.93. The normalized spacial score (nSPS) is 39.1. The summed E-state index contributed by atoms with van der Waals surface area (Å²) in [6.07, 6.45) is 2.15. The average Bonchev–Trinajstić information content (AvgIpc) is 2.72. The summed E-state index contributed by atoms with van der Waals surface area (Å²) in [4.78, 5) is 2.42. The highest BCUT2D eigenvalue weighted by Crippen LogP contribution is 2.32. The number of nitrogens with one attached hydrogen (secondary N) is 1. The van der Waals surface area contributed by atoms with Crippen molar-refractivity contribution in [2.75, 3.05) is 26.3 Å². The number of amidine groups is 1. The highest BCUT2D eigenvalue weighted by molar-refractivity contribution is 5.83. The van der Waals surface area contributed by atoms with E-state index in [0.717, 1.165) is 39.1 Å². The van der Waals surface area contributed by atoms with Crippen molar-refractivity contribution in [1.82, 2.24) is 4.90 Å². The van der Waals surface area contributed by atoms with Gasteiger partial charge in [-0.1, -0.05) is 6.92 Å². The van der Waals surface area contributed by atoms with E-state index >= 15 is 0 Å². The minimum absolute atomic E-state index is 0.0947. The molecule has 0 bridgehead atoms. The molecule has 3 N–H and O–H groups in total. The summed E-state index contributed by atoms with van der Waals surface area (Å²) >= 11 is 0. The number of nitrogens with zero attached hydrogens (tertiary/aromatic N) is 1. The van der Waals surface area contributed by atoms with Crippen LogP contribution in [0.3, 0.4) is 0 Å². The van der Waals surface area contributed by atoms with E-state index in [2.05, 4.69) is 11.8 Å². The van der Waals surface area contributed by atoms with Crippen LogP contribution in [0.15, 0.2) is 0 Å². The van der Waals surface area contributed by atoms with Crippen molar-refractivity contribution in [3.63, 3.8) is 0 Å². The van der Waals surface area contributed by atoms with E-state index in [-0.39, 0.29) is 5.41 Å². The zero-order chi connectivity index (χ0) is 10.2. The van der Waals surface area contributed by atoms with Gasteiger partial charge in [-0.2, -0.15) is 0 Å². The molecule has 2 rings (SSSR count). The van der Waals surface area contributed by atoms with Gasteiger partial charge in [-0.15, -0.1) is 0 Å². The molecule has 0 radical (unpaired) electrons. The predicted molar refractivity (Wildman–Crippen MR) is 55.4 cm³/mol. The Morgan fingerprint density at radius 3 is 2.93 bits per heavy atom. The largest absolute Gasteiger partial charge is 0.387 e. The lowest BCUT2D eigenvalue weighted by atomic mass is 9.89. The number of hydrogen-bond acceptors (Lipinski definition) is 3. The smallest absolute Gasteiger partial charge is 0.0979 e. The van der Waals surface area contributed by atoms with Gasteiger partial charge in [0.05, 0.1) is 12.4 Å². The van der Waals surface area contributed by atoms with Gasteiger partial charge in [-0.05, 0) is 19.4 Å². The summed E-state index contributed by atoms with van der Waals surface area (Å²) in [6, 6.07) is 0.566. The maximum Gasteiger partial charge on any atom is 0.0979 e. The predicted octanol–water partition coefficient (Wildman–Crippen LogP) is 0.423. The monoisotopic (exact) mass is 197 g/mol. The molecule has 2 unspecified atom stereocenters. The van der Waals surface area contributed by atoms with Crippen molar-refractivity contribution < 1.29 is 4.74 Å². The minimum atomic E-state index is -0.0947. The molecule has 2 aliphatic heterocycles. The highest BCUT2D eigenvalue weighted by atomic mass is 16.5. The highest BCUT2D eigenvalue weighted by Gasteiger charge is 2.39. The lowest BCUT2D eigenvalue weighted by Gasteiger charge is -2.26. The number of hydrogen-bond donors (Lipinski definition) is 2. The second-order valence-corrected chi connectivity index (χ2v) is 4.71. The molecule has 0 aliphatic carbocycles. The van der Waals surface area contributed by atoms with Gasteiger partial charge < -0.3 is 10.5 Å². The fourth-order valence-corrected chi connectivity index (χ4v) is 2.34. The van der Waals surface area contributed by atoms with E-state index in [1.807, 2.05) is 0 Å². The van der Waals surface area contributed by atoms with Gasteiger partial charge in [0.2, 0.25) is 0 Å². The summed E-state index contributed by atoms with van der Waals surface area (Å²) in [5.74, 6) is 0.332. The van der Waals surface area contributed by atoms with Crippen molar-refractivity contribution in [3.05, 3.63) is 0 Å². The van der Waals surface area contributed by atoms with Crippen LogP contribution in [0, 0.1) is 10.8 Å². The quantitative estimate of drug-likeness (QED) is 0.498. The van der Waals surface area contributed by atoms with Crippen LogP contribution in [-0.2, 0) is 4.74 Å². The summed E-state index contributed by atoms with van der Waals surface area (Å²) in [5.41, 5.74) is 5.52. The Morgan fingerprint density at radius 2 is 2.43 bits per heavy atom. The molecule has 4 heteroatoms. The molecule has 2 saturated heterocycles. The second-order valence-electron chi connectivity index (χ2n) is 4.71. The van der Waals surface area contributed by atoms with Crippen LogP contribution in [0.1, 0.15) is 19.8 Å². The SMILES string of the molecule is CC1(C(=N)N)CCN(C2CCOC2)C1. The maximum atomic E-state index is 7.57. The van der Waals surface area contributed by atoms with Gasteiger partial charge in [0.1, 0.15) is 0 Å². The van der Waals surface area contributed by atoms with Crippen molar-refractivity contribution in [2.45, 2.75) is 25.8 Å². The van der Waals surface area contributed by atoms with Crippen molar-refractivity contribution in [2.24, 2.45) is 11.1 Å². The fourth-order valence-electron chi connectivity index (χ4n) is 2.34.